The molecule has 0 bridgehead atoms. The Morgan fingerprint density at radius 2 is 2.00 bits per heavy atom. The number of hydrogen-bond donors (Lipinski definition) is 2. The van der Waals surface area contributed by atoms with Crippen LogP contribution in [0.1, 0.15) is 73.1 Å². The summed E-state index contributed by atoms with van der Waals surface area (Å²) in [5.41, 5.74) is 8.60. The summed E-state index contributed by atoms with van der Waals surface area (Å²) in [6.07, 6.45) is 11.9. The molecule has 1 saturated carbocycles. The van der Waals surface area contributed by atoms with E-state index in [-0.39, 0.29) is 30.8 Å². The summed E-state index contributed by atoms with van der Waals surface area (Å²) in [6, 6.07) is -0.0437. The molecule has 2 amide bonds. The number of amides is 2. The zero-order chi connectivity index (χ0) is 24.9. The summed E-state index contributed by atoms with van der Waals surface area (Å²) in [6.45, 7) is 11.2. The van der Waals surface area contributed by atoms with E-state index in [1.54, 1.807) is 6.20 Å². The second kappa shape index (κ2) is 11.4. The molecule has 3 rings (SSSR count). The van der Waals surface area contributed by atoms with Crippen molar-refractivity contribution in [2.75, 3.05) is 19.7 Å². The van der Waals surface area contributed by atoms with Crippen molar-refractivity contribution in [2.24, 2.45) is 17.6 Å². The van der Waals surface area contributed by atoms with Crippen molar-refractivity contribution in [3.05, 3.63) is 35.1 Å². The molecule has 7 heteroatoms. The van der Waals surface area contributed by atoms with Crippen molar-refractivity contribution >= 4 is 12.0 Å². The summed E-state index contributed by atoms with van der Waals surface area (Å²) >= 11 is 0. The molecule has 3 aliphatic rings. The maximum Gasteiger partial charge on any atom is 0.410 e. The summed E-state index contributed by atoms with van der Waals surface area (Å²) in [7, 11) is 0. The van der Waals surface area contributed by atoms with Crippen LogP contribution in [0.25, 0.3) is 0 Å². The Morgan fingerprint density at radius 3 is 2.65 bits per heavy atom. The number of rotatable bonds is 8. The Kier molecular flexibility index (Phi) is 8.85. The molecule has 3 atom stereocenters. The fraction of sp³-hybridized carbons (Fsp3) is 0.704. The van der Waals surface area contributed by atoms with Gasteiger partial charge in [-0.05, 0) is 95.4 Å². The minimum absolute atomic E-state index is 0.0437. The highest BCUT2D eigenvalue weighted by Crippen LogP contribution is 2.36. The van der Waals surface area contributed by atoms with Crippen LogP contribution in [0.3, 0.4) is 0 Å². The summed E-state index contributed by atoms with van der Waals surface area (Å²) in [5.74, 6) is 0.627. The third-order valence-electron chi connectivity index (χ3n) is 6.76. The first-order valence-electron chi connectivity index (χ1n) is 12.7. The van der Waals surface area contributed by atoms with Crippen molar-refractivity contribution < 1.29 is 19.1 Å². The van der Waals surface area contributed by atoms with Gasteiger partial charge in [-0.25, -0.2) is 4.79 Å². The largest absolute Gasteiger partial charge is 0.444 e. The highest BCUT2D eigenvalue weighted by Gasteiger charge is 2.36. The van der Waals surface area contributed by atoms with Gasteiger partial charge in [-0.1, -0.05) is 24.6 Å². The number of nitrogens with two attached hydrogens (primary N) is 1. The predicted molar refractivity (Wildman–Crippen MR) is 134 cm³/mol. The lowest BCUT2D eigenvalue weighted by Gasteiger charge is -2.31. The van der Waals surface area contributed by atoms with E-state index in [2.05, 4.69) is 31.3 Å². The smallest absolute Gasteiger partial charge is 0.410 e. The average Bonchev–Trinajstić information content (AvgIpc) is 3.50. The lowest BCUT2D eigenvalue weighted by Crippen LogP contribution is -2.41. The summed E-state index contributed by atoms with van der Waals surface area (Å²) in [5, 5.41) is 3.05. The van der Waals surface area contributed by atoms with Gasteiger partial charge in [0.2, 0.25) is 5.91 Å². The second-order valence-electron chi connectivity index (χ2n) is 11.1. The Balaban J connectivity index is 1.81. The van der Waals surface area contributed by atoms with Crippen LogP contribution in [0.5, 0.6) is 0 Å². The molecule has 1 unspecified atom stereocenters. The van der Waals surface area contributed by atoms with E-state index < -0.39 is 5.60 Å². The Bertz CT molecular complexity index is 835. The normalized spacial score (nSPS) is 26.0. The molecule has 1 heterocycles. The van der Waals surface area contributed by atoms with Gasteiger partial charge in [0.05, 0.1) is 12.1 Å². The third-order valence-corrected chi connectivity index (χ3v) is 6.76. The second-order valence-corrected chi connectivity index (χ2v) is 11.1. The molecule has 7 nitrogen and oxygen atoms in total. The lowest BCUT2D eigenvalue weighted by atomic mass is 9.86. The van der Waals surface area contributed by atoms with Crippen LogP contribution in [0.4, 0.5) is 4.79 Å². The minimum atomic E-state index is -0.540. The number of ether oxygens (including phenoxy) is 2. The van der Waals surface area contributed by atoms with E-state index in [9.17, 15) is 9.59 Å². The van der Waals surface area contributed by atoms with Crippen LogP contribution in [0.15, 0.2) is 35.1 Å². The van der Waals surface area contributed by atoms with Crippen molar-refractivity contribution in [3.8, 4) is 0 Å². The number of hydrogen-bond acceptors (Lipinski definition) is 5. The Hall–Kier alpha value is -2.28. The van der Waals surface area contributed by atoms with E-state index in [0.717, 1.165) is 55.2 Å². The molecule has 2 aliphatic carbocycles. The zero-order valence-electron chi connectivity index (χ0n) is 21.6. The van der Waals surface area contributed by atoms with Crippen molar-refractivity contribution in [2.45, 2.75) is 90.9 Å². The maximum atomic E-state index is 13.0. The standard InChI is InChI=1S/C27H43N3O4/c1-18(15-28)13-20-14-21(16-29-25(31)17-33-22-9-10-22)23(11-8-19(20)2)24-7-6-12-30(24)26(32)34-27(3,4)5/h11,14-15,19-20,22,24H,6-10,12-13,16-17,28H2,1-5H3,(H,29,31)/b18-15-/t19-,20?,24-/m0/s1. The van der Waals surface area contributed by atoms with Gasteiger partial charge < -0.3 is 25.4 Å². The fourth-order valence-corrected chi connectivity index (χ4v) is 4.65. The average molecular weight is 474 g/mol. The molecular weight excluding hydrogens is 430 g/mol. The first-order chi connectivity index (χ1) is 16.1. The number of carbonyl (C=O) groups is 2. The Morgan fingerprint density at radius 1 is 1.26 bits per heavy atom. The molecule has 0 aromatic heterocycles. The highest BCUT2D eigenvalue weighted by molar-refractivity contribution is 5.77. The van der Waals surface area contributed by atoms with Crippen LogP contribution < -0.4 is 11.1 Å². The first-order valence-corrected chi connectivity index (χ1v) is 12.7. The predicted octanol–water partition coefficient (Wildman–Crippen LogP) is 4.44. The monoisotopic (exact) mass is 473 g/mol. The fourth-order valence-electron chi connectivity index (χ4n) is 4.65. The Labute approximate surface area is 204 Å². The highest BCUT2D eigenvalue weighted by atomic mass is 16.6. The van der Waals surface area contributed by atoms with Gasteiger partial charge in [-0.3, -0.25) is 4.79 Å². The van der Waals surface area contributed by atoms with Gasteiger partial charge in [0, 0.05) is 13.1 Å². The molecule has 0 spiro atoms. The van der Waals surface area contributed by atoms with Crippen LogP contribution >= 0.6 is 0 Å². The van der Waals surface area contributed by atoms with Gasteiger partial charge in [0.25, 0.3) is 0 Å². The van der Waals surface area contributed by atoms with E-state index >= 15 is 0 Å². The molecule has 0 aromatic carbocycles. The molecule has 3 N–H and O–H groups in total. The SMILES string of the molecule is C/C(=C/N)CC1C=C(CNC(=O)COC2CC2)C([C@@H]2CCCN2C(=O)OC(C)(C)C)=CC[C@@H]1C. The quantitative estimate of drug-likeness (QED) is 0.543. The van der Waals surface area contributed by atoms with Crippen LogP contribution in [0.2, 0.25) is 0 Å². The van der Waals surface area contributed by atoms with E-state index in [1.165, 1.54) is 0 Å². The number of allylic oxidation sites excluding steroid dienone is 3. The van der Waals surface area contributed by atoms with Gasteiger partial charge in [-0.15, -0.1) is 0 Å². The minimum Gasteiger partial charge on any atom is -0.444 e. The molecular formula is C27H43N3O4. The molecule has 1 saturated heterocycles. The van der Waals surface area contributed by atoms with Crippen molar-refractivity contribution in [1.29, 1.82) is 0 Å². The van der Waals surface area contributed by atoms with Crippen LogP contribution in [0, 0.1) is 11.8 Å². The summed E-state index contributed by atoms with van der Waals surface area (Å²) in [4.78, 5) is 27.3. The number of likely N-dealkylation sites (tertiary alicyclic amines) is 1. The van der Waals surface area contributed by atoms with Crippen LogP contribution in [-0.2, 0) is 14.3 Å². The topological polar surface area (TPSA) is 93.9 Å². The number of nitrogens with zero attached hydrogens (tertiary/aromatic N) is 1. The molecule has 2 fully saturated rings. The van der Waals surface area contributed by atoms with Gasteiger partial charge >= 0.3 is 6.09 Å². The molecule has 0 radical (unpaired) electrons. The van der Waals surface area contributed by atoms with Gasteiger partial charge in [-0.2, -0.15) is 0 Å². The van der Waals surface area contributed by atoms with Gasteiger partial charge in [0.15, 0.2) is 0 Å². The summed E-state index contributed by atoms with van der Waals surface area (Å²) < 4.78 is 11.3. The molecule has 34 heavy (non-hydrogen) atoms. The molecule has 0 aromatic rings. The number of nitrogens with one attached hydrogen (secondary N) is 1. The van der Waals surface area contributed by atoms with E-state index in [4.69, 9.17) is 15.2 Å². The van der Waals surface area contributed by atoms with Crippen molar-refractivity contribution in [3.63, 3.8) is 0 Å². The number of carbonyl (C=O) groups excluding carboxylic acids is 2. The third kappa shape index (κ3) is 7.62. The maximum absolute atomic E-state index is 13.0. The van der Waals surface area contributed by atoms with Crippen LogP contribution in [-0.4, -0.2) is 54.3 Å². The first kappa shape index (κ1) is 26.3. The van der Waals surface area contributed by atoms with Crippen molar-refractivity contribution in [1.82, 2.24) is 10.2 Å². The lowest BCUT2D eigenvalue weighted by molar-refractivity contribution is -0.125. The van der Waals surface area contributed by atoms with E-state index in [1.807, 2.05) is 25.7 Å². The molecule has 190 valence electrons. The molecule has 1 aliphatic heterocycles. The van der Waals surface area contributed by atoms with Gasteiger partial charge in [0.1, 0.15) is 12.2 Å². The zero-order valence-corrected chi connectivity index (χ0v) is 21.6. The van der Waals surface area contributed by atoms with E-state index in [0.29, 0.717) is 24.9 Å².